The lowest BCUT2D eigenvalue weighted by atomic mass is 9.87. The molecule has 1 amide bonds. The highest BCUT2D eigenvalue weighted by Gasteiger charge is 2.29. The van der Waals surface area contributed by atoms with Crippen molar-refractivity contribution < 1.29 is 9.18 Å². The largest absolute Gasteiger partial charge is 0.381 e. The fourth-order valence-electron chi connectivity index (χ4n) is 3.68. The topological polar surface area (TPSA) is 32.3 Å². The third-order valence-corrected chi connectivity index (χ3v) is 4.90. The highest BCUT2D eigenvalue weighted by Crippen LogP contribution is 2.27. The highest BCUT2D eigenvalue weighted by atomic mass is 19.1. The summed E-state index contributed by atoms with van der Waals surface area (Å²) in [5, 5.41) is 3.44. The number of hydrogen-bond donors (Lipinski definition) is 1. The molecule has 0 radical (unpaired) electrons. The Kier molecular flexibility index (Phi) is 4.96. The van der Waals surface area contributed by atoms with E-state index in [2.05, 4.69) is 5.32 Å². The molecule has 2 fully saturated rings. The van der Waals surface area contributed by atoms with Crippen LogP contribution in [0.5, 0.6) is 0 Å². The van der Waals surface area contributed by atoms with E-state index in [0.29, 0.717) is 5.91 Å². The van der Waals surface area contributed by atoms with E-state index in [1.807, 2.05) is 4.90 Å². The quantitative estimate of drug-likeness (QED) is 0.921. The van der Waals surface area contributed by atoms with Crippen LogP contribution in [0.3, 0.4) is 0 Å². The van der Waals surface area contributed by atoms with Crippen molar-refractivity contribution in [3.8, 4) is 0 Å². The number of benzene rings is 1. The minimum absolute atomic E-state index is 0.219. The van der Waals surface area contributed by atoms with Gasteiger partial charge in [0.15, 0.2) is 0 Å². The molecule has 1 heterocycles. The first kappa shape index (κ1) is 15.3. The zero-order valence-corrected chi connectivity index (χ0v) is 13.1. The molecule has 120 valence electrons. The van der Waals surface area contributed by atoms with Gasteiger partial charge in [-0.05, 0) is 49.9 Å². The summed E-state index contributed by atoms with van der Waals surface area (Å²) < 4.78 is 13.0. The Morgan fingerprint density at radius 1 is 1.05 bits per heavy atom. The molecule has 1 atom stereocenters. The average molecular weight is 304 g/mol. The minimum atomic E-state index is -0.219. The van der Waals surface area contributed by atoms with Crippen molar-refractivity contribution in [3.05, 3.63) is 30.1 Å². The van der Waals surface area contributed by atoms with Crippen LogP contribution < -0.4 is 5.32 Å². The smallest absolute Gasteiger partial charge is 0.225 e. The second-order valence-corrected chi connectivity index (χ2v) is 6.61. The van der Waals surface area contributed by atoms with Gasteiger partial charge in [0.1, 0.15) is 5.82 Å². The number of nitrogens with one attached hydrogen (secondary N) is 1. The third kappa shape index (κ3) is 3.79. The fourth-order valence-corrected chi connectivity index (χ4v) is 3.68. The van der Waals surface area contributed by atoms with E-state index >= 15 is 0 Å². The highest BCUT2D eigenvalue weighted by molar-refractivity contribution is 5.79. The summed E-state index contributed by atoms with van der Waals surface area (Å²) in [6.07, 6.45) is 7.89. The van der Waals surface area contributed by atoms with Crippen molar-refractivity contribution in [1.29, 1.82) is 0 Å². The Balaban J connectivity index is 1.56. The lowest BCUT2D eigenvalue weighted by Gasteiger charge is -2.36. The standard InChI is InChI=1S/C18H25FN2O/c19-15-8-10-16(11-9-15)20-17-7-4-12-21(13-17)18(22)14-5-2-1-3-6-14/h8-11,14,17,20H,1-7,12-13H2/t17-/m0/s1. The number of anilines is 1. The predicted molar refractivity (Wildman–Crippen MR) is 86.2 cm³/mol. The molecular weight excluding hydrogens is 279 g/mol. The molecule has 1 aliphatic carbocycles. The molecule has 0 spiro atoms. The number of amides is 1. The van der Waals surface area contributed by atoms with Gasteiger partial charge in [-0.2, -0.15) is 0 Å². The van der Waals surface area contributed by atoms with E-state index in [-0.39, 0.29) is 17.8 Å². The third-order valence-electron chi connectivity index (χ3n) is 4.90. The van der Waals surface area contributed by atoms with Crippen LogP contribution in [-0.2, 0) is 4.79 Å². The molecule has 3 nitrogen and oxygen atoms in total. The van der Waals surface area contributed by atoms with Gasteiger partial charge in [-0.25, -0.2) is 4.39 Å². The molecule has 0 bridgehead atoms. The van der Waals surface area contributed by atoms with Gasteiger partial charge in [0, 0.05) is 30.7 Å². The first-order chi connectivity index (χ1) is 10.7. The number of carbonyl (C=O) groups is 1. The van der Waals surface area contributed by atoms with Crippen molar-refractivity contribution in [3.63, 3.8) is 0 Å². The summed E-state index contributed by atoms with van der Waals surface area (Å²) in [6, 6.07) is 6.73. The zero-order chi connectivity index (χ0) is 15.4. The molecule has 2 aliphatic rings. The number of rotatable bonds is 3. The Hall–Kier alpha value is -1.58. The average Bonchev–Trinajstić information content (AvgIpc) is 2.57. The Morgan fingerprint density at radius 3 is 2.50 bits per heavy atom. The van der Waals surface area contributed by atoms with E-state index in [0.717, 1.165) is 44.5 Å². The number of piperidine rings is 1. The van der Waals surface area contributed by atoms with Gasteiger partial charge < -0.3 is 10.2 Å². The van der Waals surface area contributed by atoms with Gasteiger partial charge in [-0.15, -0.1) is 0 Å². The zero-order valence-electron chi connectivity index (χ0n) is 13.1. The Morgan fingerprint density at radius 2 is 1.77 bits per heavy atom. The first-order valence-electron chi connectivity index (χ1n) is 8.53. The van der Waals surface area contributed by atoms with Gasteiger partial charge >= 0.3 is 0 Å². The van der Waals surface area contributed by atoms with Gasteiger partial charge in [0.2, 0.25) is 5.91 Å². The van der Waals surface area contributed by atoms with Gasteiger partial charge in [-0.3, -0.25) is 4.79 Å². The normalized spacial score (nSPS) is 23.3. The molecule has 3 rings (SSSR count). The molecule has 1 aliphatic heterocycles. The second kappa shape index (κ2) is 7.12. The molecule has 1 aromatic carbocycles. The summed E-state index contributed by atoms with van der Waals surface area (Å²) >= 11 is 0. The summed E-state index contributed by atoms with van der Waals surface area (Å²) in [4.78, 5) is 14.7. The van der Waals surface area contributed by atoms with Crippen LogP contribution in [0.2, 0.25) is 0 Å². The van der Waals surface area contributed by atoms with E-state index in [4.69, 9.17) is 0 Å². The van der Waals surface area contributed by atoms with Gasteiger partial charge in [0.05, 0.1) is 0 Å². The minimum Gasteiger partial charge on any atom is -0.381 e. The monoisotopic (exact) mass is 304 g/mol. The molecule has 4 heteroatoms. The van der Waals surface area contributed by atoms with Crippen LogP contribution in [0, 0.1) is 11.7 Å². The van der Waals surface area contributed by atoms with Crippen molar-refractivity contribution in [1.82, 2.24) is 4.90 Å². The second-order valence-electron chi connectivity index (χ2n) is 6.61. The van der Waals surface area contributed by atoms with Crippen LogP contribution in [0.4, 0.5) is 10.1 Å². The molecule has 1 N–H and O–H groups in total. The maximum atomic E-state index is 13.0. The maximum absolute atomic E-state index is 13.0. The Labute approximate surface area is 131 Å². The number of carbonyl (C=O) groups excluding carboxylic acids is 1. The molecule has 0 unspecified atom stereocenters. The van der Waals surface area contributed by atoms with Crippen molar-refractivity contribution >= 4 is 11.6 Å². The molecule has 0 aromatic heterocycles. The van der Waals surface area contributed by atoms with Gasteiger partial charge in [0.25, 0.3) is 0 Å². The fraction of sp³-hybridized carbons (Fsp3) is 0.611. The summed E-state index contributed by atoms with van der Waals surface area (Å²) in [6.45, 7) is 1.66. The summed E-state index contributed by atoms with van der Waals surface area (Å²) in [5.74, 6) is 0.381. The number of likely N-dealkylation sites (tertiary alicyclic amines) is 1. The lowest BCUT2D eigenvalue weighted by molar-refractivity contribution is -0.137. The van der Waals surface area contributed by atoms with E-state index in [1.54, 1.807) is 12.1 Å². The number of hydrogen-bond acceptors (Lipinski definition) is 2. The van der Waals surface area contributed by atoms with Crippen LogP contribution >= 0.6 is 0 Å². The summed E-state index contributed by atoms with van der Waals surface area (Å²) in [5.41, 5.74) is 0.929. The van der Waals surface area contributed by atoms with Crippen molar-refractivity contribution in [2.24, 2.45) is 5.92 Å². The van der Waals surface area contributed by atoms with Crippen LogP contribution in [0.15, 0.2) is 24.3 Å². The number of halogens is 1. The lowest BCUT2D eigenvalue weighted by Crippen LogP contribution is -2.47. The van der Waals surface area contributed by atoms with Crippen molar-refractivity contribution in [2.45, 2.75) is 51.0 Å². The van der Waals surface area contributed by atoms with Crippen LogP contribution in [0.1, 0.15) is 44.9 Å². The van der Waals surface area contributed by atoms with E-state index < -0.39 is 0 Å². The molecule has 1 aromatic rings. The molecule has 22 heavy (non-hydrogen) atoms. The maximum Gasteiger partial charge on any atom is 0.225 e. The predicted octanol–water partition coefficient (Wildman–Crippen LogP) is 3.81. The Bertz CT molecular complexity index is 496. The first-order valence-corrected chi connectivity index (χ1v) is 8.53. The van der Waals surface area contributed by atoms with Crippen LogP contribution in [-0.4, -0.2) is 29.9 Å². The van der Waals surface area contributed by atoms with E-state index in [9.17, 15) is 9.18 Å². The molecule has 1 saturated heterocycles. The SMILES string of the molecule is O=C(C1CCCCC1)N1CCC[C@H](Nc2ccc(F)cc2)C1. The van der Waals surface area contributed by atoms with E-state index in [1.165, 1.54) is 31.4 Å². The van der Waals surface area contributed by atoms with Crippen molar-refractivity contribution in [2.75, 3.05) is 18.4 Å². The van der Waals surface area contributed by atoms with Gasteiger partial charge in [-0.1, -0.05) is 19.3 Å². The van der Waals surface area contributed by atoms with Crippen LogP contribution in [0.25, 0.3) is 0 Å². The molecular formula is C18H25FN2O. The molecule has 1 saturated carbocycles. The number of nitrogens with zero attached hydrogens (tertiary/aromatic N) is 1. The summed E-state index contributed by atoms with van der Waals surface area (Å²) in [7, 11) is 0.